The zero-order valence-electron chi connectivity index (χ0n) is 25.5. The summed E-state index contributed by atoms with van der Waals surface area (Å²) in [5.74, 6) is -0.424. The maximum atomic E-state index is 13.3. The summed E-state index contributed by atoms with van der Waals surface area (Å²) in [6, 6.07) is 0. The Morgan fingerprint density at radius 1 is 1.05 bits per heavy atom. The lowest BCUT2D eigenvalue weighted by atomic mass is 9.36. The SMILES string of the molecule is COC(=O)/C(CCC=C(C)C)=C1\[C@@H](OC(C)=O)C[C@@]2(C)[C@H]1C/C(=N/O)[C@H]1[C@@]3(C)CC/C(=N\O)[C@@H](C)[C@@H]3CC[C@@]12C. The van der Waals surface area contributed by atoms with Gasteiger partial charge in [0.15, 0.2) is 0 Å². The van der Waals surface area contributed by atoms with Gasteiger partial charge in [0.25, 0.3) is 0 Å². The van der Waals surface area contributed by atoms with Crippen LogP contribution in [0.1, 0.15) is 99.8 Å². The van der Waals surface area contributed by atoms with Crippen LogP contribution in [0.3, 0.4) is 0 Å². The van der Waals surface area contributed by atoms with Gasteiger partial charge in [0.05, 0.1) is 18.5 Å². The van der Waals surface area contributed by atoms with E-state index >= 15 is 0 Å². The van der Waals surface area contributed by atoms with Crippen LogP contribution in [-0.4, -0.2) is 47.0 Å². The number of carbonyl (C=O) groups is 2. The molecule has 0 heterocycles. The molecule has 4 saturated carbocycles. The summed E-state index contributed by atoms with van der Waals surface area (Å²) in [4.78, 5) is 25.7. The first-order valence-electron chi connectivity index (χ1n) is 14.8. The van der Waals surface area contributed by atoms with Gasteiger partial charge in [0, 0.05) is 24.3 Å². The topological polar surface area (TPSA) is 118 Å². The Hall–Kier alpha value is -2.64. The highest BCUT2D eigenvalue weighted by molar-refractivity contribution is 5.93. The number of rotatable bonds is 5. The number of fused-ring (bicyclic) bond motifs is 5. The number of hydrogen-bond acceptors (Lipinski definition) is 8. The lowest BCUT2D eigenvalue weighted by Crippen LogP contribution is -2.64. The van der Waals surface area contributed by atoms with Crippen LogP contribution in [0.2, 0.25) is 0 Å². The van der Waals surface area contributed by atoms with E-state index in [-0.39, 0.29) is 45.9 Å². The Morgan fingerprint density at radius 3 is 2.30 bits per heavy atom. The molecule has 0 saturated heterocycles. The van der Waals surface area contributed by atoms with Gasteiger partial charge in [-0.1, -0.05) is 49.7 Å². The maximum absolute atomic E-state index is 13.3. The highest BCUT2D eigenvalue weighted by Gasteiger charge is 2.70. The van der Waals surface area contributed by atoms with E-state index in [2.05, 4.69) is 44.1 Å². The molecule has 2 N–H and O–H groups in total. The number of allylic oxidation sites excluding steroid dienone is 2. The van der Waals surface area contributed by atoms with Crippen molar-refractivity contribution in [1.82, 2.24) is 0 Å². The van der Waals surface area contributed by atoms with Gasteiger partial charge in [-0.15, -0.1) is 0 Å². The minimum Gasteiger partial charge on any atom is -0.466 e. The van der Waals surface area contributed by atoms with Gasteiger partial charge in [-0.2, -0.15) is 0 Å². The Balaban J connectivity index is 1.88. The van der Waals surface area contributed by atoms with Crippen molar-refractivity contribution < 1.29 is 29.5 Å². The maximum Gasteiger partial charge on any atom is 0.333 e. The molecule has 8 atom stereocenters. The average molecular weight is 557 g/mol. The summed E-state index contributed by atoms with van der Waals surface area (Å²) in [6.07, 6.45) is 7.29. The lowest BCUT2D eigenvalue weighted by Gasteiger charge is -2.67. The summed E-state index contributed by atoms with van der Waals surface area (Å²) >= 11 is 0. The van der Waals surface area contributed by atoms with E-state index in [1.54, 1.807) is 0 Å². The van der Waals surface area contributed by atoms with Crippen LogP contribution in [0.15, 0.2) is 33.1 Å². The molecule has 40 heavy (non-hydrogen) atoms. The number of oxime groups is 2. The molecule has 0 spiro atoms. The van der Waals surface area contributed by atoms with Crippen molar-refractivity contribution >= 4 is 23.4 Å². The van der Waals surface area contributed by atoms with Gasteiger partial charge in [0.1, 0.15) is 6.10 Å². The molecule has 8 nitrogen and oxygen atoms in total. The van der Waals surface area contributed by atoms with Crippen molar-refractivity contribution in [2.24, 2.45) is 50.2 Å². The predicted octanol–water partition coefficient (Wildman–Crippen LogP) is 6.69. The van der Waals surface area contributed by atoms with Gasteiger partial charge in [0.2, 0.25) is 0 Å². The van der Waals surface area contributed by atoms with Crippen LogP contribution in [0, 0.1) is 39.9 Å². The second-order valence-corrected chi connectivity index (χ2v) is 13.7. The minimum absolute atomic E-state index is 0.0114. The van der Waals surface area contributed by atoms with Gasteiger partial charge in [-0.05, 0) is 98.9 Å². The van der Waals surface area contributed by atoms with Crippen LogP contribution < -0.4 is 0 Å². The van der Waals surface area contributed by atoms with Crippen LogP contribution in [-0.2, 0) is 19.1 Å². The second-order valence-electron chi connectivity index (χ2n) is 13.7. The molecular formula is C32H48N2O6. The monoisotopic (exact) mass is 556 g/mol. The molecular weight excluding hydrogens is 508 g/mol. The molecule has 0 aromatic carbocycles. The molecule has 4 aliphatic rings. The summed E-state index contributed by atoms with van der Waals surface area (Å²) < 4.78 is 11.3. The molecule has 0 amide bonds. The molecule has 8 heteroatoms. The standard InChI is InChI=1S/C32H48N2O6/c1-18(2)10-9-11-21(29(36)39-8)27-23-16-25(34-38)28-30(5)14-13-24(33-37)19(3)22(30)12-15-31(28,6)32(23,7)17-26(27)40-20(4)35/h10,19,22-23,26,28,37-38H,9,11-17H2,1-8H3/b27-21-,33-24+,34-25-/t19-,22-,23-,26-,28-,30-,31-,32-/m0/s1. The van der Waals surface area contributed by atoms with Gasteiger partial charge in [-0.25, -0.2) is 4.79 Å². The van der Waals surface area contributed by atoms with Crippen LogP contribution in [0.25, 0.3) is 0 Å². The van der Waals surface area contributed by atoms with Crippen LogP contribution in [0.4, 0.5) is 0 Å². The third-order valence-corrected chi connectivity index (χ3v) is 11.6. The molecule has 0 aromatic rings. The van der Waals surface area contributed by atoms with E-state index in [1.807, 2.05) is 13.8 Å². The fraction of sp³-hybridized carbons (Fsp3) is 0.750. The Bertz CT molecular complexity index is 1170. The summed E-state index contributed by atoms with van der Waals surface area (Å²) in [6.45, 7) is 14.6. The molecule has 0 aromatic heterocycles. The van der Waals surface area contributed by atoms with E-state index in [4.69, 9.17) is 9.47 Å². The molecule has 0 radical (unpaired) electrons. The fourth-order valence-electron chi connectivity index (χ4n) is 9.68. The van der Waals surface area contributed by atoms with Crippen molar-refractivity contribution in [2.75, 3.05) is 7.11 Å². The van der Waals surface area contributed by atoms with Gasteiger partial charge >= 0.3 is 11.9 Å². The highest BCUT2D eigenvalue weighted by atomic mass is 16.5. The number of ether oxygens (including phenoxy) is 2. The smallest absolute Gasteiger partial charge is 0.333 e. The predicted molar refractivity (Wildman–Crippen MR) is 153 cm³/mol. The fourth-order valence-corrected chi connectivity index (χ4v) is 9.68. The van der Waals surface area contributed by atoms with Crippen LogP contribution in [0.5, 0.6) is 0 Å². The summed E-state index contributed by atoms with van der Waals surface area (Å²) in [7, 11) is 1.40. The third kappa shape index (κ3) is 4.59. The number of esters is 2. The zero-order chi connectivity index (χ0) is 29.6. The molecule has 0 aliphatic heterocycles. The Labute approximate surface area is 238 Å². The number of methoxy groups -OCH3 is 1. The third-order valence-electron chi connectivity index (χ3n) is 11.6. The molecule has 4 fully saturated rings. The van der Waals surface area contributed by atoms with E-state index in [0.717, 1.165) is 36.3 Å². The number of nitrogens with zero attached hydrogens (tertiary/aromatic N) is 2. The van der Waals surface area contributed by atoms with Crippen molar-refractivity contribution in [3.05, 3.63) is 22.8 Å². The quantitative estimate of drug-likeness (QED) is 0.128. The molecule has 4 aliphatic carbocycles. The molecule has 0 bridgehead atoms. The van der Waals surface area contributed by atoms with Crippen molar-refractivity contribution in [2.45, 2.75) is 106 Å². The summed E-state index contributed by atoms with van der Waals surface area (Å²) in [5.41, 5.74) is 3.49. The van der Waals surface area contributed by atoms with E-state index < -0.39 is 6.10 Å². The second kappa shape index (κ2) is 11.0. The molecule has 222 valence electrons. The average Bonchev–Trinajstić information content (AvgIpc) is 3.17. The first-order chi connectivity index (χ1) is 18.8. The van der Waals surface area contributed by atoms with Crippen molar-refractivity contribution in [1.29, 1.82) is 0 Å². The van der Waals surface area contributed by atoms with Crippen molar-refractivity contribution in [3.8, 4) is 0 Å². The van der Waals surface area contributed by atoms with E-state index in [9.17, 15) is 20.0 Å². The number of hydrogen-bond donors (Lipinski definition) is 2. The largest absolute Gasteiger partial charge is 0.466 e. The molecule has 4 rings (SSSR count). The van der Waals surface area contributed by atoms with Gasteiger partial charge in [-0.3, -0.25) is 4.79 Å². The Kier molecular flexibility index (Phi) is 8.32. The first-order valence-corrected chi connectivity index (χ1v) is 14.8. The van der Waals surface area contributed by atoms with Gasteiger partial charge < -0.3 is 19.9 Å². The zero-order valence-corrected chi connectivity index (χ0v) is 25.5. The minimum atomic E-state index is -0.534. The van der Waals surface area contributed by atoms with E-state index in [0.29, 0.717) is 43.6 Å². The first kappa shape index (κ1) is 30.3. The number of carbonyl (C=O) groups excluding carboxylic acids is 2. The normalized spacial score (nSPS) is 42.0. The van der Waals surface area contributed by atoms with Crippen LogP contribution >= 0.6 is 0 Å². The Morgan fingerprint density at radius 2 is 1.73 bits per heavy atom. The van der Waals surface area contributed by atoms with E-state index in [1.165, 1.54) is 19.6 Å². The highest BCUT2D eigenvalue weighted by Crippen LogP contribution is 2.73. The molecule has 0 unspecified atom stereocenters. The lowest BCUT2D eigenvalue weighted by molar-refractivity contribution is -0.149. The summed E-state index contributed by atoms with van der Waals surface area (Å²) in [5, 5.41) is 27.8. The van der Waals surface area contributed by atoms with Crippen molar-refractivity contribution in [3.63, 3.8) is 0 Å².